The minimum Gasteiger partial charge on any atom is -0.385 e. The van der Waals surface area contributed by atoms with Gasteiger partial charge in [-0.25, -0.2) is 23.7 Å². The molecule has 5 atom stereocenters. The Morgan fingerprint density at radius 2 is 2.00 bits per heavy atom. The summed E-state index contributed by atoms with van der Waals surface area (Å²) in [6.07, 6.45) is 1.23. The topological polar surface area (TPSA) is 145 Å². The van der Waals surface area contributed by atoms with Crippen LogP contribution in [-0.4, -0.2) is 47.5 Å². The number of aromatic nitrogens is 4. The van der Waals surface area contributed by atoms with E-state index in [0.29, 0.717) is 40.6 Å². The van der Waals surface area contributed by atoms with Gasteiger partial charge in [0.05, 0.1) is 11.5 Å². The molecule has 2 fully saturated rings. The molecule has 1 saturated heterocycles. The van der Waals surface area contributed by atoms with Gasteiger partial charge < -0.3 is 31.0 Å². The van der Waals surface area contributed by atoms with Gasteiger partial charge in [-0.05, 0) is 42.9 Å². The molecule has 6 rings (SSSR count). The third-order valence-corrected chi connectivity index (χ3v) is 7.19. The maximum Gasteiger partial charge on any atom is 0.165 e. The number of aliphatic hydroxyl groups is 2. The van der Waals surface area contributed by atoms with Gasteiger partial charge in [0.25, 0.3) is 0 Å². The first kappa shape index (κ1) is 21.1. The highest BCUT2D eigenvalue weighted by Crippen LogP contribution is 2.50. The molecule has 4 heterocycles. The molecule has 11 heteroatoms. The SMILES string of the molecule is Nc1nc2c(F)c(C[C@@H]3CC[C@]4(O)C(O)[C@H](n5ccc6c(N)ncnc65)O[C@H]34)ccc2cc1F. The van der Waals surface area contributed by atoms with E-state index >= 15 is 4.39 Å². The van der Waals surface area contributed by atoms with Crippen LogP contribution in [-0.2, 0) is 11.2 Å². The monoisotopic (exact) mass is 468 g/mol. The zero-order chi connectivity index (χ0) is 23.8. The van der Waals surface area contributed by atoms with Gasteiger partial charge in [0.1, 0.15) is 35.0 Å². The number of ether oxygens (including phenoxy) is 1. The smallest absolute Gasteiger partial charge is 0.165 e. The second kappa shape index (κ2) is 7.29. The van der Waals surface area contributed by atoms with Crippen LogP contribution in [0.5, 0.6) is 0 Å². The fraction of sp³-hybridized carbons (Fsp3) is 0.348. The highest BCUT2D eigenvalue weighted by molar-refractivity contribution is 5.86. The lowest BCUT2D eigenvalue weighted by Gasteiger charge is -2.26. The van der Waals surface area contributed by atoms with Gasteiger partial charge in [-0.15, -0.1) is 0 Å². The molecular weight excluding hydrogens is 446 g/mol. The molecule has 9 nitrogen and oxygen atoms in total. The zero-order valence-electron chi connectivity index (χ0n) is 17.9. The summed E-state index contributed by atoms with van der Waals surface area (Å²) < 4.78 is 36.8. The summed E-state index contributed by atoms with van der Waals surface area (Å²) >= 11 is 0. The van der Waals surface area contributed by atoms with Gasteiger partial charge in [0.2, 0.25) is 0 Å². The molecule has 34 heavy (non-hydrogen) atoms. The largest absolute Gasteiger partial charge is 0.385 e. The summed E-state index contributed by atoms with van der Waals surface area (Å²) in [5.41, 5.74) is 10.8. The van der Waals surface area contributed by atoms with Crippen LogP contribution in [0.15, 0.2) is 36.8 Å². The number of nitrogens with zero attached hydrogens (tertiary/aromatic N) is 4. The third-order valence-electron chi connectivity index (χ3n) is 7.19. The van der Waals surface area contributed by atoms with Crippen LogP contribution in [0, 0.1) is 17.6 Å². The summed E-state index contributed by atoms with van der Waals surface area (Å²) in [5.74, 6) is -1.63. The number of pyridine rings is 1. The summed E-state index contributed by atoms with van der Waals surface area (Å²) in [6, 6.07) is 6.04. The average Bonchev–Trinajstić information content (AvgIpc) is 3.45. The maximum atomic E-state index is 15.2. The standard InChI is InChI=1S/C23H22F2N6O3/c24-14-8-11-2-1-10(15(25)16(11)30-20(14)27)7-12-3-5-23(33)17(32)22(34-18(12)23)31-6-4-13-19(26)28-9-29-21(13)31/h1-2,4,6,8-9,12,17-18,22,32-33H,3,5,7H2,(H2,27,30)(H2,26,28,29)/t12-,17?,18+,22+,23-/m0/s1. The Hall–Kier alpha value is -3.41. The van der Waals surface area contributed by atoms with Crippen LogP contribution >= 0.6 is 0 Å². The van der Waals surface area contributed by atoms with E-state index in [-0.39, 0.29) is 23.7 Å². The highest BCUT2D eigenvalue weighted by Gasteiger charge is 2.61. The van der Waals surface area contributed by atoms with E-state index in [1.807, 2.05) is 0 Å². The molecule has 0 spiro atoms. The molecule has 1 aliphatic carbocycles. The van der Waals surface area contributed by atoms with Gasteiger partial charge in [0, 0.05) is 11.6 Å². The molecule has 176 valence electrons. The van der Waals surface area contributed by atoms with Crippen LogP contribution in [0.2, 0.25) is 0 Å². The molecule has 0 amide bonds. The molecule has 0 bridgehead atoms. The molecule has 1 saturated carbocycles. The lowest BCUT2D eigenvalue weighted by atomic mass is 9.89. The zero-order valence-corrected chi connectivity index (χ0v) is 17.9. The van der Waals surface area contributed by atoms with E-state index in [0.717, 1.165) is 6.07 Å². The van der Waals surface area contributed by atoms with Crippen molar-refractivity contribution in [3.05, 3.63) is 54.0 Å². The lowest BCUT2D eigenvalue weighted by Crippen LogP contribution is -2.45. The number of nitrogen functional groups attached to an aromatic ring is 2. The minimum absolute atomic E-state index is 0.00834. The van der Waals surface area contributed by atoms with Crippen LogP contribution in [0.1, 0.15) is 24.6 Å². The van der Waals surface area contributed by atoms with Crippen molar-refractivity contribution >= 4 is 33.6 Å². The number of rotatable bonds is 3. The predicted octanol–water partition coefficient (Wildman–Crippen LogP) is 2.06. The minimum atomic E-state index is -1.50. The fourth-order valence-electron chi connectivity index (χ4n) is 5.43. The van der Waals surface area contributed by atoms with Crippen molar-refractivity contribution in [3.8, 4) is 0 Å². The normalized spacial score (nSPS) is 28.7. The van der Waals surface area contributed by atoms with Gasteiger partial charge in [-0.2, -0.15) is 0 Å². The second-order valence-electron chi connectivity index (χ2n) is 9.07. The number of hydrogen-bond acceptors (Lipinski definition) is 8. The lowest BCUT2D eigenvalue weighted by molar-refractivity contribution is -0.0675. The van der Waals surface area contributed by atoms with Gasteiger partial charge in [-0.3, -0.25) is 0 Å². The van der Waals surface area contributed by atoms with Crippen LogP contribution in [0.3, 0.4) is 0 Å². The molecule has 0 radical (unpaired) electrons. The summed E-state index contributed by atoms with van der Waals surface area (Å²) in [6.45, 7) is 0. The van der Waals surface area contributed by atoms with Crippen LogP contribution in [0.25, 0.3) is 21.9 Å². The number of aliphatic hydroxyl groups excluding tert-OH is 1. The maximum absolute atomic E-state index is 15.2. The summed E-state index contributed by atoms with van der Waals surface area (Å²) in [7, 11) is 0. The molecule has 2 aliphatic rings. The number of hydrogen-bond donors (Lipinski definition) is 4. The molecule has 3 aromatic heterocycles. The Bertz CT molecular complexity index is 1450. The first-order chi connectivity index (χ1) is 16.3. The van der Waals surface area contributed by atoms with Crippen LogP contribution in [0.4, 0.5) is 20.4 Å². The Balaban J connectivity index is 1.32. The van der Waals surface area contributed by atoms with Crippen molar-refractivity contribution in [2.45, 2.75) is 43.3 Å². The van der Waals surface area contributed by atoms with Gasteiger partial charge in [-0.1, -0.05) is 12.1 Å². The Morgan fingerprint density at radius 1 is 1.18 bits per heavy atom. The average molecular weight is 468 g/mol. The number of anilines is 2. The number of nitrogens with two attached hydrogens (primary N) is 2. The highest BCUT2D eigenvalue weighted by atomic mass is 19.1. The Labute approximate surface area is 192 Å². The molecule has 6 N–H and O–H groups in total. The summed E-state index contributed by atoms with van der Waals surface area (Å²) in [4.78, 5) is 12.1. The van der Waals surface area contributed by atoms with Crippen molar-refractivity contribution in [2.24, 2.45) is 5.92 Å². The van der Waals surface area contributed by atoms with E-state index < -0.39 is 35.7 Å². The van der Waals surface area contributed by atoms with Gasteiger partial charge >= 0.3 is 0 Å². The molecule has 1 unspecified atom stereocenters. The molecule has 1 aromatic carbocycles. The predicted molar refractivity (Wildman–Crippen MR) is 119 cm³/mol. The number of halogens is 2. The van der Waals surface area contributed by atoms with E-state index in [9.17, 15) is 14.6 Å². The van der Waals surface area contributed by atoms with E-state index in [1.165, 1.54) is 6.33 Å². The van der Waals surface area contributed by atoms with Crippen molar-refractivity contribution < 1.29 is 23.7 Å². The van der Waals surface area contributed by atoms with Crippen molar-refractivity contribution in [3.63, 3.8) is 0 Å². The molecule has 4 aromatic rings. The van der Waals surface area contributed by atoms with Crippen molar-refractivity contribution in [1.82, 2.24) is 19.5 Å². The first-order valence-corrected chi connectivity index (χ1v) is 10.9. The summed E-state index contributed by atoms with van der Waals surface area (Å²) in [5, 5.41) is 23.3. The fourth-order valence-corrected chi connectivity index (χ4v) is 5.43. The third kappa shape index (κ3) is 2.90. The number of benzene rings is 1. The van der Waals surface area contributed by atoms with E-state index in [4.69, 9.17) is 16.2 Å². The van der Waals surface area contributed by atoms with Gasteiger partial charge in [0.15, 0.2) is 23.7 Å². The molecular formula is C23H22F2N6O3. The van der Waals surface area contributed by atoms with Crippen LogP contribution < -0.4 is 11.5 Å². The van der Waals surface area contributed by atoms with E-state index in [2.05, 4.69) is 15.0 Å². The Kier molecular flexibility index (Phi) is 4.54. The molecule has 1 aliphatic heterocycles. The van der Waals surface area contributed by atoms with Crippen molar-refractivity contribution in [1.29, 1.82) is 0 Å². The Morgan fingerprint density at radius 3 is 2.82 bits per heavy atom. The first-order valence-electron chi connectivity index (χ1n) is 10.9. The quantitative estimate of drug-likeness (QED) is 0.358. The van der Waals surface area contributed by atoms with E-state index in [1.54, 1.807) is 29.0 Å². The number of fused-ring (bicyclic) bond motifs is 3. The van der Waals surface area contributed by atoms with Crippen molar-refractivity contribution in [2.75, 3.05) is 11.5 Å². The second-order valence-corrected chi connectivity index (χ2v) is 9.07.